The number of nitro groups is 1. The molecule has 0 radical (unpaired) electrons. The molecule has 6 nitrogen and oxygen atoms in total. The molecule has 0 aliphatic rings. The van der Waals surface area contributed by atoms with Gasteiger partial charge in [-0.1, -0.05) is 12.1 Å². The molecular formula is C14H12FN3O3. The molecule has 2 aromatic rings. The minimum atomic E-state index is -0.520. The quantitative estimate of drug-likeness (QED) is 0.670. The highest BCUT2D eigenvalue weighted by Gasteiger charge is 2.06. The smallest absolute Gasteiger partial charge is 0.319 e. The number of carbonyl (C=O) groups excluding carboxylic acids is 1. The summed E-state index contributed by atoms with van der Waals surface area (Å²) in [5.74, 6) is -0.370. The van der Waals surface area contributed by atoms with E-state index < -0.39 is 11.0 Å². The first-order valence-electron chi connectivity index (χ1n) is 6.08. The summed E-state index contributed by atoms with van der Waals surface area (Å²) in [6.07, 6.45) is 0. The zero-order chi connectivity index (χ0) is 15.2. The number of halogens is 1. The van der Waals surface area contributed by atoms with Gasteiger partial charge in [-0.2, -0.15) is 0 Å². The average molecular weight is 289 g/mol. The molecule has 0 saturated heterocycles. The Morgan fingerprint density at radius 1 is 1.19 bits per heavy atom. The molecular weight excluding hydrogens is 277 g/mol. The van der Waals surface area contributed by atoms with Crippen LogP contribution >= 0.6 is 0 Å². The van der Waals surface area contributed by atoms with Crippen molar-refractivity contribution >= 4 is 17.4 Å². The number of nitro benzene ring substituents is 1. The number of non-ortho nitro benzene ring substituents is 1. The Hall–Kier alpha value is -2.96. The highest BCUT2D eigenvalue weighted by Crippen LogP contribution is 2.15. The summed E-state index contributed by atoms with van der Waals surface area (Å²) in [6, 6.07) is 10.9. The molecule has 0 spiro atoms. The number of nitrogens with zero attached hydrogens (tertiary/aromatic N) is 1. The summed E-state index contributed by atoms with van der Waals surface area (Å²) in [5, 5.41) is 15.6. The van der Waals surface area contributed by atoms with E-state index in [2.05, 4.69) is 10.6 Å². The maximum Gasteiger partial charge on any atom is 0.319 e. The zero-order valence-corrected chi connectivity index (χ0v) is 10.9. The van der Waals surface area contributed by atoms with Crippen LogP contribution in [0, 0.1) is 15.9 Å². The molecule has 21 heavy (non-hydrogen) atoms. The molecule has 0 aliphatic heterocycles. The number of urea groups is 1. The first-order valence-corrected chi connectivity index (χ1v) is 6.08. The molecule has 0 heterocycles. The summed E-state index contributed by atoms with van der Waals surface area (Å²) in [6.45, 7) is 0.177. The summed E-state index contributed by atoms with van der Waals surface area (Å²) < 4.78 is 13.0. The standard InChI is InChI=1S/C14H12FN3O3/c15-11-3-1-2-10(8-11)9-16-14(19)17-12-4-6-13(7-5-12)18(20)21/h1-8H,9H2,(H2,16,17,19). The topological polar surface area (TPSA) is 84.3 Å². The van der Waals surface area contributed by atoms with E-state index in [1.807, 2.05) is 0 Å². The third-order valence-electron chi connectivity index (χ3n) is 2.68. The lowest BCUT2D eigenvalue weighted by molar-refractivity contribution is -0.384. The van der Waals surface area contributed by atoms with E-state index in [1.54, 1.807) is 12.1 Å². The van der Waals surface area contributed by atoms with Gasteiger partial charge < -0.3 is 10.6 Å². The number of carbonyl (C=O) groups is 1. The Balaban J connectivity index is 1.88. The van der Waals surface area contributed by atoms with Crippen molar-refractivity contribution in [3.63, 3.8) is 0 Å². The van der Waals surface area contributed by atoms with Gasteiger partial charge in [-0.3, -0.25) is 10.1 Å². The van der Waals surface area contributed by atoms with Crippen molar-refractivity contribution in [3.05, 3.63) is 70.0 Å². The number of amides is 2. The van der Waals surface area contributed by atoms with Crippen LogP contribution in [0.4, 0.5) is 20.6 Å². The van der Waals surface area contributed by atoms with Crippen LogP contribution < -0.4 is 10.6 Å². The van der Waals surface area contributed by atoms with Gasteiger partial charge in [0.1, 0.15) is 5.82 Å². The van der Waals surface area contributed by atoms with Gasteiger partial charge in [0.2, 0.25) is 0 Å². The van der Waals surface area contributed by atoms with E-state index in [9.17, 15) is 19.3 Å². The SMILES string of the molecule is O=C(NCc1cccc(F)c1)Nc1ccc([N+](=O)[O-])cc1. The Morgan fingerprint density at radius 3 is 2.52 bits per heavy atom. The lowest BCUT2D eigenvalue weighted by Crippen LogP contribution is -2.28. The minimum absolute atomic E-state index is 0.0549. The van der Waals surface area contributed by atoms with Gasteiger partial charge in [0.25, 0.3) is 5.69 Å². The van der Waals surface area contributed by atoms with Crippen LogP contribution in [0.5, 0.6) is 0 Å². The van der Waals surface area contributed by atoms with E-state index in [4.69, 9.17) is 0 Å². The lowest BCUT2D eigenvalue weighted by atomic mass is 10.2. The van der Waals surface area contributed by atoms with Crippen LogP contribution in [0.15, 0.2) is 48.5 Å². The molecule has 7 heteroatoms. The predicted octanol–water partition coefficient (Wildman–Crippen LogP) is 3.06. The molecule has 0 fully saturated rings. The van der Waals surface area contributed by atoms with Crippen LogP contribution in [-0.4, -0.2) is 11.0 Å². The monoisotopic (exact) mass is 289 g/mol. The fourth-order valence-electron chi connectivity index (χ4n) is 1.67. The Morgan fingerprint density at radius 2 is 1.90 bits per heavy atom. The van der Waals surface area contributed by atoms with Gasteiger partial charge in [-0.05, 0) is 29.8 Å². The average Bonchev–Trinajstić information content (AvgIpc) is 2.46. The molecule has 0 atom stereocenters. The predicted molar refractivity (Wildman–Crippen MR) is 75.4 cm³/mol. The Kier molecular flexibility index (Phi) is 4.45. The Labute approximate surface area is 119 Å². The second kappa shape index (κ2) is 6.47. The van der Waals surface area contributed by atoms with Gasteiger partial charge in [0, 0.05) is 24.4 Å². The molecule has 2 amide bonds. The van der Waals surface area contributed by atoms with Crippen molar-refractivity contribution in [2.75, 3.05) is 5.32 Å². The van der Waals surface area contributed by atoms with Crippen LogP contribution in [-0.2, 0) is 6.54 Å². The molecule has 108 valence electrons. The maximum atomic E-state index is 13.0. The maximum absolute atomic E-state index is 13.0. The van der Waals surface area contributed by atoms with Crippen LogP contribution in [0.1, 0.15) is 5.56 Å². The van der Waals surface area contributed by atoms with Crippen molar-refractivity contribution < 1.29 is 14.1 Å². The summed E-state index contributed by atoms with van der Waals surface area (Å²) in [4.78, 5) is 21.6. The first kappa shape index (κ1) is 14.4. The van der Waals surface area contributed by atoms with Crippen molar-refractivity contribution in [1.29, 1.82) is 0 Å². The van der Waals surface area contributed by atoms with Crippen molar-refractivity contribution in [2.24, 2.45) is 0 Å². The number of rotatable bonds is 4. The number of anilines is 1. The molecule has 0 aromatic heterocycles. The van der Waals surface area contributed by atoms with Gasteiger partial charge in [0.15, 0.2) is 0 Å². The van der Waals surface area contributed by atoms with Gasteiger partial charge in [-0.25, -0.2) is 9.18 Å². The third-order valence-corrected chi connectivity index (χ3v) is 2.68. The minimum Gasteiger partial charge on any atom is -0.334 e. The van der Waals surface area contributed by atoms with Crippen LogP contribution in [0.25, 0.3) is 0 Å². The Bertz CT molecular complexity index is 659. The van der Waals surface area contributed by atoms with E-state index in [1.165, 1.54) is 36.4 Å². The molecule has 0 saturated carbocycles. The zero-order valence-electron chi connectivity index (χ0n) is 10.9. The molecule has 2 aromatic carbocycles. The van der Waals surface area contributed by atoms with Gasteiger partial charge in [-0.15, -0.1) is 0 Å². The third kappa shape index (κ3) is 4.27. The highest BCUT2D eigenvalue weighted by molar-refractivity contribution is 5.89. The lowest BCUT2D eigenvalue weighted by Gasteiger charge is -2.07. The van der Waals surface area contributed by atoms with Gasteiger partial charge >= 0.3 is 6.03 Å². The van der Waals surface area contributed by atoms with Crippen molar-refractivity contribution in [3.8, 4) is 0 Å². The highest BCUT2D eigenvalue weighted by atomic mass is 19.1. The van der Waals surface area contributed by atoms with E-state index in [0.717, 1.165) is 0 Å². The second-order valence-corrected chi connectivity index (χ2v) is 4.24. The van der Waals surface area contributed by atoms with E-state index >= 15 is 0 Å². The van der Waals surface area contributed by atoms with Gasteiger partial charge in [0.05, 0.1) is 4.92 Å². The molecule has 0 bridgehead atoms. The second-order valence-electron chi connectivity index (χ2n) is 4.24. The molecule has 0 unspecified atom stereocenters. The summed E-state index contributed by atoms with van der Waals surface area (Å²) in [5.41, 5.74) is 1.01. The number of benzene rings is 2. The fraction of sp³-hybridized carbons (Fsp3) is 0.0714. The molecule has 0 aliphatic carbocycles. The van der Waals surface area contributed by atoms with E-state index in [-0.39, 0.29) is 18.0 Å². The number of nitrogens with one attached hydrogen (secondary N) is 2. The molecule has 2 N–H and O–H groups in total. The number of hydrogen-bond acceptors (Lipinski definition) is 3. The number of hydrogen-bond donors (Lipinski definition) is 2. The van der Waals surface area contributed by atoms with Crippen LogP contribution in [0.3, 0.4) is 0 Å². The van der Waals surface area contributed by atoms with Crippen LogP contribution in [0.2, 0.25) is 0 Å². The van der Waals surface area contributed by atoms with E-state index in [0.29, 0.717) is 11.3 Å². The largest absolute Gasteiger partial charge is 0.334 e. The summed E-state index contributed by atoms with van der Waals surface area (Å²) in [7, 11) is 0. The molecule has 2 rings (SSSR count). The first-order chi connectivity index (χ1) is 10.0. The van der Waals surface area contributed by atoms with Crippen molar-refractivity contribution in [1.82, 2.24) is 5.32 Å². The summed E-state index contributed by atoms with van der Waals surface area (Å²) >= 11 is 0. The fourth-order valence-corrected chi connectivity index (χ4v) is 1.67. The van der Waals surface area contributed by atoms with Crippen molar-refractivity contribution in [2.45, 2.75) is 6.54 Å². The normalized spacial score (nSPS) is 9.95.